The third kappa shape index (κ3) is 1.28. The molecular weight excluding hydrogens is 170 g/mol. The molecule has 12 heavy (non-hydrogen) atoms. The summed E-state index contributed by atoms with van der Waals surface area (Å²) in [5.41, 5.74) is 0. The second-order valence-corrected chi connectivity index (χ2v) is 5.67. The van der Waals surface area contributed by atoms with Crippen LogP contribution in [0.25, 0.3) is 0 Å². The van der Waals surface area contributed by atoms with Crippen LogP contribution < -0.4 is 0 Å². The number of fused-ring (bicyclic) bond motifs is 2. The number of thioether (sulfide) groups is 1. The standard InChI is InChI=1S/C9H18NOS/c1-10(2)7-3-9(11)4-8(10)6-12-5-7/h7-9,11H,3-6H2,1-2H3/q+1/t7-,8+,9?. The highest BCUT2D eigenvalue weighted by Gasteiger charge is 2.45. The van der Waals surface area contributed by atoms with Gasteiger partial charge in [-0.05, 0) is 0 Å². The Kier molecular flexibility index (Phi) is 2.13. The first kappa shape index (κ1) is 8.85. The van der Waals surface area contributed by atoms with Gasteiger partial charge in [-0.25, -0.2) is 0 Å². The number of rotatable bonds is 0. The fourth-order valence-electron chi connectivity index (χ4n) is 2.43. The summed E-state index contributed by atoms with van der Waals surface area (Å²) in [5.74, 6) is 2.47. The summed E-state index contributed by atoms with van der Waals surface area (Å²) in [4.78, 5) is 0. The molecule has 0 aromatic rings. The minimum absolute atomic E-state index is 0.0213. The van der Waals surface area contributed by atoms with E-state index in [1.807, 2.05) is 0 Å². The predicted molar refractivity (Wildman–Crippen MR) is 52.3 cm³/mol. The van der Waals surface area contributed by atoms with Crippen LogP contribution in [-0.4, -0.2) is 53.4 Å². The molecule has 3 heteroatoms. The van der Waals surface area contributed by atoms with Gasteiger partial charge in [0, 0.05) is 24.3 Å². The number of aliphatic hydroxyl groups is 1. The molecular formula is C9H18NOS+. The molecule has 0 aromatic heterocycles. The monoisotopic (exact) mass is 188 g/mol. The summed E-state index contributed by atoms with van der Waals surface area (Å²) in [6, 6.07) is 1.38. The molecule has 2 fully saturated rings. The van der Waals surface area contributed by atoms with Crippen molar-refractivity contribution in [2.45, 2.75) is 31.0 Å². The number of aliphatic hydroxyl groups excluding tert-OH is 1. The fourth-order valence-corrected chi connectivity index (χ4v) is 4.15. The van der Waals surface area contributed by atoms with Crippen LogP contribution in [0.2, 0.25) is 0 Å². The molecule has 3 atom stereocenters. The van der Waals surface area contributed by atoms with Gasteiger partial charge in [0.1, 0.15) is 12.1 Å². The van der Waals surface area contributed by atoms with E-state index in [1.165, 1.54) is 11.5 Å². The van der Waals surface area contributed by atoms with E-state index in [4.69, 9.17) is 0 Å². The van der Waals surface area contributed by atoms with Crippen LogP contribution in [-0.2, 0) is 0 Å². The summed E-state index contributed by atoms with van der Waals surface area (Å²) < 4.78 is 1.14. The van der Waals surface area contributed by atoms with Crippen molar-refractivity contribution < 1.29 is 9.59 Å². The molecule has 0 amide bonds. The van der Waals surface area contributed by atoms with Crippen LogP contribution in [0, 0.1) is 0 Å². The Balaban J connectivity index is 2.18. The Morgan fingerprint density at radius 3 is 2.17 bits per heavy atom. The molecule has 2 aliphatic rings. The molecule has 0 aliphatic carbocycles. The van der Waals surface area contributed by atoms with Crippen molar-refractivity contribution >= 4 is 11.8 Å². The lowest BCUT2D eigenvalue weighted by atomic mass is 9.92. The second kappa shape index (κ2) is 2.89. The van der Waals surface area contributed by atoms with Gasteiger partial charge >= 0.3 is 0 Å². The van der Waals surface area contributed by atoms with Crippen molar-refractivity contribution in [3.8, 4) is 0 Å². The maximum atomic E-state index is 9.63. The van der Waals surface area contributed by atoms with E-state index in [9.17, 15) is 5.11 Å². The minimum Gasteiger partial charge on any atom is -0.393 e. The molecule has 0 aromatic carbocycles. The highest BCUT2D eigenvalue weighted by molar-refractivity contribution is 7.99. The Morgan fingerprint density at radius 1 is 1.17 bits per heavy atom. The van der Waals surface area contributed by atoms with Gasteiger partial charge < -0.3 is 9.59 Å². The van der Waals surface area contributed by atoms with Gasteiger partial charge in [0.05, 0.1) is 20.2 Å². The van der Waals surface area contributed by atoms with Gasteiger partial charge in [-0.15, -0.1) is 11.8 Å². The molecule has 2 saturated heterocycles. The Morgan fingerprint density at radius 2 is 1.67 bits per heavy atom. The number of nitrogens with zero attached hydrogens (tertiary/aromatic N) is 1. The van der Waals surface area contributed by atoms with E-state index in [2.05, 4.69) is 25.9 Å². The quantitative estimate of drug-likeness (QED) is 0.565. The lowest BCUT2D eigenvalue weighted by molar-refractivity contribution is -0.941. The summed E-state index contributed by atoms with van der Waals surface area (Å²) in [6.45, 7) is 0. The Labute approximate surface area is 78.5 Å². The molecule has 2 bridgehead atoms. The first-order valence-electron chi connectivity index (χ1n) is 4.70. The summed E-state index contributed by atoms with van der Waals surface area (Å²) in [7, 11) is 4.64. The van der Waals surface area contributed by atoms with Crippen molar-refractivity contribution in [2.75, 3.05) is 25.6 Å². The lowest BCUT2D eigenvalue weighted by Crippen LogP contribution is -2.65. The molecule has 1 N–H and O–H groups in total. The van der Waals surface area contributed by atoms with E-state index in [1.54, 1.807) is 0 Å². The average Bonchev–Trinajstić information content (AvgIpc) is 1.92. The smallest absolute Gasteiger partial charge is 0.100 e. The largest absolute Gasteiger partial charge is 0.393 e. The van der Waals surface area contributed by atoms with E-state index >= 15 is 0 Å². The third-order valence-electron chi connectivity index (χ3n) is 3.59. The normalized spacial score (nSPS) is 45.8. The van der Waals surface area contributed by atoms with Crippen molar-refractivity contribution in [1.82, 2.24) is 0 Å². The van der Waals surface area contributed by atoms with Crippen molar-refractivity contribution in [3.63, 3.8) is 0 Å². The summed E-state index contributed by atoms with van der Waals surface area (Å²) in [6.07, 6.45) is 2.00. The van der Waals surface area contributed by atoms with Crippen LogP contribution in [0.15, 0.2) is 0 Å². The summed E-state index contributed by atoms with van der Waals surface area (Å²) in [5, 5.41) is 9.63. The maximum Gasteiger partial charge on any atom is 0.100 e. The molecule has 70 valence electrons. The predicted octanol–water partition coefficient (Wildman–Crippen LogP) is 0.702. The fraction of sp³-hybridized carbons (Fsp3) is 1.00. The number of hydrogen-bond acceptors (Lipinski definition) is 2. The lowest BCUT2D eigenvalue weighted by Gasteiger charge is -2.51. The van der Waals surface area contributed by atoms with Crippen LogP contribution >= 0.6 is 11.8 Å². The Hall–Kier alpha value is 0.270. The van der Waals surface area contributed by atoms with Crippen LogP contribution in [0.5, 0.6) is 0 Å². The Bertz CT molecular complexity index is 167. The van der Waals surface area contributed by atoms with Crippen LogP contribution in [0.3, 0.4) is 0 Å². The maximum absolute atomic E-state index is 9.63. The average molecular weight is 188 g/mol. The van der Waals surface area contributed by atoms with Crippen LogP contribution in [0.4, 0.5) is 0 Å². The molecule has 2 rings (SSSR count). The van der Waals surface area contributed by atoms with E-state index < -0.39 is 0 Å². The highest BCUT2D eigenvalue weighted by atomic mass is 32.2. The van der Waals surface area contributed by atoms with Crippen LogP contribution in [0.1, 0.15) is 12.8 Å². The zero-order valence-corrected chi connectivity index (χ0v) is 8.68. The number of piperidine rings is 1. The van der Waals surface area contributed by atoms with Crippen molar-refractivity contribution in [2.24, 2.45) is 0 Å². The van der Waals surface area contributed by atoms with Gasteiger partial charge in [0.25, 0.3) is 0 Å². The topological polar surface area (TPSA) is 20.2 Å². The zero-order valence-electron chi connectivity index (χ0n) is 7.86. The first-order valence-corrected chi connectivity index (χ1v) is 5.85. The first-order chi connectivity index (χ1) is 5.60. The molecule has 2 aliphatic heterocycles. The zero-order chi connectivity index (χ0) is 8.77. The van der Waals surface area contributed by atoms with Gasteiger partial charge in [-0.2, -0.15) is 0 Å². The molecule has 2 heterocycles. The SMILES string of the molecule is C[N+]1(C)[C@@H]2CSC[C@H]1CC(O)C2. The molecule has 0 radical (unpaired) electrons. The van der Waals surface area contributed by atoms with Crippen molar-refractivity contribution in [1.29, 1.82) is 0 Å². The number of quaternary nitrogens is 1. The number of hydrogen-bond donors (Lipinski definition) is 1. The van der Waals surface area contributed by atoms with Crippen molar-refractivity contribution in [3.05, 3.63) is 0 Å². The van der Waals surface area contributed by atoms with Gasteiger partial charge in [-0.3, -0.25) is 0 Å². The van der Waals surface area contributed by atoms with Gasteiger partial charge in [0.2, 0.25) is 0 Å². The molecule has 0 spiro atoms. The van der Waals surface area contributed by atoms with Gasteiger partial charge in [0.15, 0.2) is 0 Å². The second-order valence-electron chi connectivity index (χ2n) is 4.60. The van der Waals surface area contributed by atoms with E-state index in [0.717, 1.165) is 17.3 Å². The summed E-state index contributed by atoms with van der Waals surface area (Å²) >= 11 is 2.06. The third-order valence-corrected chi connectivity index (χ3v) is 4.83. The van der Waals surface area contributed by atoms with Gasteiger partial charge in [-0.1, -0.05) is 0 Å². The highest BCUT2D eigenvalue weighted by Crippen LogP contribution is 2.36. The molecule has 0 saturated carbocycles. The minimum atomic E-state index is -0.0213. The van der Waals surface area contributed by atoms with E-state index in [-0.39, 0.29) is 6.10 Å². The molecule has 1 unspecified atom stereocenters. The van der Waals surface area contributed by atoms with E-state index in [0.29, 0.717) is 12.1 Å². The molecule has 2 nitrogen and oxygen atoms in total.